The van der Waals surface area contributed by atoms with E-state index < -0.39 is 0 Å². The zero-order valence-corrected chi connectivity index (χ0v) is 15.0. The molecule has 2 N–H and O–H groups in total. The van der Waals surface area contributed by atoms with Gasteiger partial charge >= 0.3 is 0 Å². The van der Waals surface area contributed by atoms with Crippen LogP contribution in [0.25, 0.3) is 11.3 Å². The lowest BCUT2D eigenvalue weighted by atomic mass is 10.2. The van der Waals surface area contributed by atoms with Crippen LogP contribution in [0.5, 0.6) is 0 Å². The SMILES string of the molecule is Cn1ncc(NC(=O)Cn2cc(-c3cccc(N4CCNCC4)n3)cn2)n1. The number of anilines is 2. The topological polar surface area (TPSA) is 106 Å². The summed E-state index contributed by atoms with van der Waals surface area (Å²) in [7, 11) is 1.69. The lowest BCUT2D eigenvalue weighted by Gasteiger charge is -2.28. The van der Waals surface area contributed by atoms with Crippen molar-refractivity contribution in [1.29, 1.82) is 0 Å². The van der Waals surface area contributed by atoms with Crippen LogP contribution in [-0.2, 0) is 18.4 Å². The molecule has 1 amide bonds. The third-order valence-corrected chi connectivity index (χ3v) is 4.28. The molecule has 0 spiro atoms. The molecular weight excluding hydrogens is 346 g/mol. The second-order valence-electron chi connectivity index (χ2n) is 6.31. The minimum atomic E-state index is -0.215. The summed E-state index contributed by atoms with van der Waals surface area (Å²) in [4.78, 5) is 20.5. The molecule has 0 atom stereocenters. The first-order valence-electron chi connectivity index (χ1n) is 8.79. The molecule has 3 aromatic rings. The van der Waals surface area contributed by atoms with Crippen LogP contribution in [0.2, 0.25) is 0 Å². The van der Waals surface area contributed by atoms with Crippen LogP contribution < -0.4 is 15.5 Å². The Morgan fingerprint density at radius 1 is 1.22 bits per heavy atom. The van der Waals surface area contributed by atoms with E-state index in [9.17, 15) is 4.79 Å². The molecule has 4 heterocycles. The van der Waals surface area contributed by atoms with Crippen molar-refractivity contribution in [3.8, 4) is 11.3 Å². The molecule has 0 unspecified atom stereocenters. The van der Waals surface area contributed by atoms with E-state index in [0.717, 1.165) is 43.3 Å². The van der Waals surface area contributed by atoms with Gasteiger partial charge in [-0.3, -0.25) is 9.48 Å². The number of aryl methyl sites for hydroxylation is 1. The first-order chi connectivity index (χ1) is 13.2. The molecule has 140 valence electrons. The number of carbonyl (C=O) groups excluding carboxylic acids is 1. The van der Waals surface area contributed by atoms with E-state index >= 15 is 0 Å². The Hall–Kier alpha value is -3.27. The van der Waals surface area contributed by atoms with Gasteiger partial charge in [0.15, 0.2) is 5.82 Å². The molecule has 1 fully saturated rings. The average Bonchev–Trinajstić information content (AvgIpc) is 3.31. The molecule has 10 nitrogen and oxygen atoms in total. The van der Waals surface area contributed by atoms with E-state index in [1.165, 1.54) is 11.0 Å². The minimum absolute atomic E-state index is 0.0913. The second-order valence-corrected chi connectivity index (χ2v) is 6.31. The van der Waals surface area contributed by atoms with Crippen molar-refractivity contribution in [3.05, 3.63) is 36.8 Å². The number of amides is 1. The molecule has 10 heteroatoms. The fourth-order valence-electron chi connectivity index (χ4n) is 2.97. The number of hydrogen-bond acceptors (Lipinski definition) is 7. The molecule has 3 aromatic heterocycles. The van der Waals surface area contributed by atoms with Gasteiger partial charge in [-0.05, 0) is 12.1 Å². The van der Waals surface area contributed by atoms with Crippen LogP contribution >= 0.6 is 0 Å². The first-order valence-corrected chi connectivity index (χ1v) is 8.79. The third kappa shape index (κ3) is 4.11. The number of nitrogens with zero attached hydrogens (tertiary/aromatic N) is 7. The van der Waals surface area contributed by atoms with Crippen LogP contribution in [0.1, 0.15) is 0 Å². The standard InChI is InChI=1S/C17H21N9O/c1-24-19-10-15(23-24)22-17(27)12-26-11-13(9-20-26)14-3-2-4-16(21-14)25-7-5-18-6-8-25/h2-4,9-11,18H,5-8,12H2,1H3,(H,22,23,27). The smallest absolute Gasteiger partial charge is 0.247 e. The number of piperazine rings is 1. The molecule has 0 bridgehead atoms. The van der Waals surface area contributed by atoms with Crippen molar-refractivity contribution in [2.24, 2.45) is 7.05 Å². The van der Waals surface area contributed by atoms with Gasteiger partial charge in [0.05, 0.1) is 18.1 Å². The summed E-state index contributed by atoms with van der Waals surface area (Å²) in [6.07, 6.45) is 5.04. The Morgan fingerprint density at radius 2 is 2.07 bits per heavy atom. The predicted octanol–water partition coefficient (Wildman–Crippen LogP) is 0.122. The van der Waals surface area contributed by atoms with E-state index in [4.69, 9.17) is 4.98 Å². The van der Waals surface area contributed by atoms with Crippen molar-refractivity contribution in [3.63, 3.8) is 0 Å². The molecule has 0 aromatic carbocycles. The zero-order valence-electron chi connectivity index (χ0n) is 15.0. The molecule has 1 aliphatic heterocycles. The van der Waals surface area contributed by atoms with Gasteiger partial charge in [-0.15, -0.1) is 5.10 Å². The molecule has 0 saturated carbocycles. The third-order valence-electron chi connectivity index (χ3n) is 4.28. The summed E-state index contributed by atoms with van der Waals surface area (Å²) in [5.74, 6) is 1.16. The van der Waals surface area contributed by atoms with E-state index in [1.807, 2.05) is 24.4 Å². The highest BCUT2D eigenvalue weighted by Crippen LogP contribution is 2.20. The number of nitrogens with one attached hydrogen (secondary N) is 2. The van der Waals surface area contributed by atoms with Crippen LogP contribution in [0.3, 0.4) is 0 Å². The molecule has 0 aliphatic carbocycles. The predicted molar refractivity (Wildman–Crippen MR) is 100 cm³/mol. The number of pyridine rings is 1. The van der Waals surface area contributed by atoms with E-state index in [0.29, 0.717) is 5.82 Å². The van der Waals surface area contributed by atoms with E-state index in [1.54, 1.807) is 17.9 Å². The van der Waals surface area contributed by atoms with Gasteiger partial charge < -0.3 is 15.5 Å². The largest absolute Gasteiger partial charge is 0.354 e. The normalized spacial score (nSPS) is 14.3. The van der Waals surface area contributed by atoms with Crippen molar-refractivity contribution in [2.75, 3.05) is 36.4 Å². The Morgan fingerprint density at radius 3 is 2.85 bits per heavy atom. The Bertz CT molecular complexity index is 926. The van der Waals surface area contributed by atoms with Gasteiger partial charge in [-0.25, -0.2) is 4.98 Å². The zero-order chi connectivity index (χ0) is 18.6. The van der Waals surface area contributed by atoms with Gasteiger partial charge in [0, 0.05) is 45.0 Å². The molecule has 0 radical (unpaired) electrons. The fraction of sp³-hybridized carbons (Fsp3) is 0.353. The molecule has 1 aliphatic rings. The fourth-order valence-corrected chi connectivity index (χ4v) is 2.97. The maximum absolute atomic E-state index is 12.1. The summed E-state index contributed by atoms with van der Waals surface area (Å²) >= 11 is 0. The maximum atomic E-state index is 12.1. The summed E-state index contributed by atoms with van der Waals surface area (Å²) < 4.78 is 1.58. The van der Waals surface area contributed by atoms with E-state index in [2.05, 4.69) is 30.8 Å². The maximum Gasteiger partial charge on any atom is 0.247 e. The highest BCUT2D eigenvalue weighted by atomic mass is 16.2. The van der Waals surface area contributed by atoms with Crippen molar-refractivity contribution < 1.29 is 4.79 Å². The lowest BCUT2D eigenvalue weighted by Crippen LogP contribution is -2.43. The van der Waals surface area contributed by atoms with E-state index in [-0.39, 0.29) is 12.5 Å². The van der Waals surface area contributed by atoms with Crippen molar-refractivity contribution >= 4 is 17.5 Å². The van der Waals surface area contributed by atoms with Crippen molar-refractivity contribution in [1.82, 2.24) is 35.1 Å². The average molecular weight is 367 g/mol. The number of rotatable bonds is 5. The molecular formula is C17H21N9O. The second kappa shape index (κ2) is 7.54. The number of aromatic nitrogens is 6. The summed E-state index contributed by atoms with van der Waals surface area (Å²) in [5.41, 5.74) is 1.71. The molecule has 27 heavy (non-hydrogen) atoms. The van der Waals surface area contributed by atoms with Gasteiger partial charge in [0.1, 0.15) is 12.4 Å². The summed E-state index contributed by atoms with van der Waals surface area (Å²) in [5, 5.41) is 18.2. The van der Waals surface area contributed by atoms with Crippen molar-refractivity contribution in [2.45, 2.75) is 6.54 Å². The Balaban J connectivity index is 1.43. The monoisotopic (exact) mass is 367 g/mol. The first kappa shape index (κ1) is 17.2. The van der Waals surface area contributed by atoms with Gasteiger partial charge in [-0.2, -0.15) is 15.0 Å². The van der Waals surface area contributed by atoms with Gasteiger partial charge in [0.2, 0.25) is 5.91 Å². The summed E-state index contributed by atoms with van der Waals surface area (Å²) in [6.45, 7) is 3.90. The number of carbonyl (C=O) groups is 1. The molecule has 4 rings (SSSR count). The highest BCUT2D eigenvalue weighted by Gasteiger charge is 2.13. The lowest BCUT2D eigenvalue weighted by molar-refractivity contribution is -0.116. The minimum Gasteiger partial charge on any atom is -0.354 e. The highest BCUT2D eigenvalue weighted by molar-refractivity contribution is 5.89. The van der Waals surface area contributed by atoms with Gasteiger partial charge in [-0.1, -0.05) is 6.07 Å². The molecule has 1 saturated heterocycles. The quantitative estimate of drug-likeness (QED) is 0.660. The van der Waals surface area contributed by atoms with Crippen LogP contribution in [0.15, 0.2) is 36.8 Å². The Labute approximate surface area is 156 Å². The van der Waals surface area contributed by atoms with Crippen LogP contribution in [-0.4, -0.2) is 61.8 Å². The van der Waals surface area contributed by atoms with Crippen LogP contribution in [0.4, 0.5) is 11.6 Å². The Kier molecular flexibility index (Phi) is 4.79. The number of hydrogen-bond donors (Lipinski definition) is 2. The summed E-state index contributed by atoms with van der Waals surface area (Å²) in [6, 6.07) is 5.97. The van der Waals surface area contributed by atoms with Gasteiger partial charge in [0.25, 0.3) is 0 Å². The van der Waals surface area contributed by atoms with Crippen LogP contribution in [0, 0.1) is 0 Å².